The van der Waals surface area contributed by atoms with Gasteiger partial charge in [-0.15, -0.1) is 24.0 Å². The molecule has 1 aromatic carbocycles. The fraction of sp³-hybridized carbons (Fsp3) is 0.429. The smallest absolute Gasteiger partial charge is 0.253 e. The molecule has 2 rings (SSSR count). The van der Waals surface area contributed by atoms with Crippen LogP contribution in [0.2, 0.25) is 10.2 Å². The van der Waals surface area contributed by atoms with Crippen molar-refractivity contribution in [2.24, 2.45) is 12.0 Å². The highest BCUT2D eigenvalue weighted by molar-refractivity contribution is 14.0. The Morgan fingerprint density at radius 1 is 1.10 bits per heavy atom. The van der Waals surface area contributed by atoms with Crippen LogP contribution in [-0.4, -0.2) is 41.0 Å². The zero-order valence-corrected chi connectivity index (χ0v) is 21.7. The molecule has 0 fully saturated rings. The van der Waals surface area contributed by atoms with Gasteiger partial charge in [-0.3, -0.25) is 4.79 Å². The lowest BCUT2D eigenvalue weighted by atomic mass is 10.1. The van der Waals surface area contributed by atoms with Crippen LogP contribution in [0.4, 0.5) is 0 Å². The maximum Gasteiger partial charge on any atom is 0.253 e. The van der Waals surface area contributed by atoms with Crippen LogP contribution in [0.5, 0.6) is 0 Å². The predicted octanol–water partition coefficient (Wildman–Crippen LogP) is 4.69. The maximum atomic E-state index is 12.4. The van der Waals surface area contributed by atoms with Gasteiger partial charge < -0.3 is 20.1 Å². The summed E-state index contributed by atoms with van der Waals surface area (Å²) in [5.74, 6) is 0.754. The summed E-state index contributed by atoms with van der Waals surface area (Å²) >= 11 is 12.2. The highest BCUT2D eigenvalue weighted by Gasteiger charge is 2.12. The van der Waals surface area contributed by atoms with E-state index in [2.05, 4.69) is 15.6 Å². The largest absolute Gasteiger partial charge is 0.357 e. The van der Waals surface area contributed by atoms with Crippen molar-refractivity contribution in [1.29, 1.82) is 0 Å². The van der Waals surface area contributed by atoms with Gasteiger partial charge in [0.2, 0.25) is 0 Å². The second-order valence-electron chi connectivity index (χ2n) is 6.56. The molecular weight excluding hydrogens is 536 g/mol. The van der Waals surface area contributed by atoms with Crippen LogP contribution in [0.25, 0.3) is 0 Å². The molecule has 0 saturated carbocycles. The van der Waals surface area contributed by atoms with Crippen molar-refractivity contribution in [2.45, 2.75) is 33.9 Å². The van der Waals surface area contributed by atoms with Gasteiger partial charge in [-0.25, -0.2) is 4.99 Å². The van der Waals surface area contributed by atoms with Gasteiger partial charge in [0.15, 0.2) is 5.96 Å². The van der Waals surface area contributed by atoms with Gasteiger partial charge in [-0.2, -0.15) is 0 Å². The molecule has 0 atom stereocenters. The van der Waals surface area contributed by atoms with E-state index >= 15 is 0 Å². The Labute approximate surface area is 206 Å². The van der Waals surface area contributed by atoms with Crippen molar-refractivity contribution in [3.8, 4) is 0 Å². The standard InChI is InChI=1S/C21H29Cl2N5O.HI/c1-5-24-21(26-14-17-12-18(22)19(23)27(17)4)25-13-15-8-10-16(11-9-15)20(29)28(6-2)7-3;/h8-12H,5-7,13-14H2,1-4H3,(H2,24,25,26);1H. The van der Waals surface area contributed by atoms with Gasteiger partial charge >= 0.3 is 0 Å². The predicted molar refractivity (Wildman–Crippen MR) is 136 cm³/mol. The van der Waals surface area contributed by atoms with Crippen LogP contribution >= 0.6 is 47.2 Å². The SMILES string of the molecule is CCNC(=NCc1ccc(C(=O)N(CC)CC)cc1)NCc1cc(Cl)c(Cl)n1C.I. The minimum Gasteiger partial charge on any atom is -0.357 e. The third-order valence-corrected chi connectivity index (χ3v) is 5.51. The molecule has 1 aromatic heterocycles. The number of aromatic nitrogens is 1. The first kappa shape index (κ1) is 26.6. The first-order valence-electron chi connectivity index (χ1n) is 9.81. The van der Waals surface area contributed by atoms with Gasteiger partial charge in [-0.05, 0) is 44.5 Å². The lowest BCUT2D eigenvalue weighted by molar-refractivity contribution is 0.0773. The summed E-state index contributed by atoms with van der Waals surface area (Å²) in [5, 5.41) is 7.57. The molecule has 0 aliphatic carbocycles. The zero-order chi connectivity index (χ0) is 21.4. The number of carbonyl (C=O) groups excluding carboxylic acids is 1. The highest BCUT2D eigenvalue weighted by Crippen LogP contribution is 2.24. The second kappa shape index (κ2) is 13.1. The van der Waals surface area contributed by atoms with E-state index in [-0.39, 0.29) is 29.9 Å². The van der Waals surface area contributed by atoms with Gasteiger partial charge in [0.1, 0.15) is 5.15 Å². The average Bonchev–Trinajstić information content (AvgIpc) is 2.98. The Hall–Kier alpha value is -1.45. The van der Waals surface area contributed by atoms with Crippen molar-refractivity contribution in [3.63, 3.8) is 0 Å². The van der Waals surface area contributed by atoms with E-state index in [1.165, 1.54) is 0 Å². The van der Waals surface area contributed by atoms with Crippen LogP contribution in [-0.2, 0) is 20.1 Å². The second-order valence-corrected chi connectivity index (χ2v) is 7.32. The van der Waals surface area contributed by atoms with Crippen LogP contribution in [0.15, 0.2) is 35.3 Å². The topological polar surface area (TPSA) is 61.7 Å². The molecule has 0 spiro atoms. The van der Waals surface area contributed by atoms with Gasteiger partial charge in [0.25, 0.3) is 5.91 Å². The number of amides is 1. The molecule has 9 heteroatoms. The molecule has 0 bridgehead atoms. The molecule has 1 amide bonds. The molecule has 1 heterocycles. The molecule has 0 aliphatic rings. The summed E-state index contributed by atoms with van der Waals surface area (Å²) in [4.78, 5) is 18.8. The first-order chi connectivity index (χ1) is 13.9. The van der Waals surface area contributed by atoms with E-state index in [4.69, 9.17) is 23.2 Å². The van der Waals surface area contributed by atoms with Crippen LogP contribution in [0, 0.1) is 0 Å². The summed E-state index contributed by atoms with van der Waals surface area (Å²) < 4.78 is 1.84. The van der Waals surface area contributed by atoms with Crippen molar-refractivity contribution in [3.05, 3.63) is 57.3 Å². The Morgan fingerprint density at radius 3 is 2.23 bits per heavy atom. The van der Waals surface area contributed by atoms with E-state index in [0.717, 1.165) is 17.8 Å². The molecule has 0 saturated heterocycles. The molecule has 0 aliphatic heterocycles. The molecule has 30 heavy (non-hydrogen) atoms. The summed E-state index contributed by atoms with van der Waals surface area (Å²) in [6, 6.07) is 9.45. The van der Waals surface area contributed by atoms with E-state index in [9.17, 15) is 4.79 Å². The minimum atomic E-state index is 0. The van der Waals surface area contributed by atoms with E-state index < -0.39 is 0 Å². The number of carbonyl (C=O) groups is 1. The van der Waals surface area contributed by atoms with Crippen molar-refractivity contribution in [2.75, 3.05) is 19.6 Å². The lowest BCUT2D eigenvalue weighted by Crippen LogP contribution is -2.37. The van der Waals surface area contributed by atoms with Crippen LogP contribution < -0.4 is 10.6 Å². The number of benzene rings is 1. The molecular formula is C21H30Cl2IN5O. The average molecular weight is 566 g/mol. The van der Waals surface area contributed by atoms with Gasteiger partial charge in [-0.1, -0.05) is 35.3 Å². The summed E-state index contributed by atoms with van der Waals surface area (Å²) in [7, 11) is 1.87. The maximum absolute atomic E-state index is 12.4. The van der Waals surface area contributed by atoms with Crippen molar-refractivity contribution >= 4 is 59.0 Å². The zero-order valence-electron chi connectivity index (χ0n) is 17.8. The number of hydrogen-bond donors (Lipinski definition) is 2. The van der Waals surface area contributed by atoms with Crippen molar-refractivity contribution < 1.29 is 4.79 Å². The fourth-order valence-corrected chi connectivity index (χ4v) is 3.31. The lowest BCUT2D eigenvalue weighted by Gasteiger charge is -2.18. The fourth-order valence-electron chi connectivity index (χ4n) is 2.89. The van der Waals surface area contributed by atoms with Crippen molar-refractivity contribution in [1.82, 2.24) is 20.1 Å². The summed E-state index contributed by atoms with van der Waals surface area (Å²) in [5.41, 5.74) is 2.69. The molecule has 0 radical (unpaired) electrons. The Bertz CT molecular complexity index is 848. The third-order valence-electron chi connectivity index (χ3n) is 4.67. The van der Waals surface area contributed by atoms with E-state index in [1.807, 2.05) is 67.6 Å². The number of rotatable bonds is 8. The van der Waals surface area contributed by atoms with Gasteiger partial charge in [0, 0.05) is 37.9 Å². The molecule has 6 nitrogen and oxygen atoms in total. The Balaban J connectivity index is 0.00000450. The Kier molecular flexibility index (Phi) is 11.6. The van der Waals surface area contributed by atoms with Crippen LogP contribution in [0.3, 0.4) is 0 Å². The molecule has 0 unspecified atom stereocenters. The Morgan fingerprint density at radius 2 is 1.73 bits per heavy atom. The number of guanidine groups is 1. The normalized spacial score (nSPS) is 11.1. The van der Waals surface area contributed by atoms with E-state index in [0.29, 0.717) is 47.9 Å². The number of nitrogens with one attached hydrogen (secondary N) is 2. The number of aliphatic imine (C=N–C) groups is 1. The summed E-state index contributed by atoms with van der Waals surface area (Å²) in [6.07, 6.45) is 0. The molecule has 2 N–H and O–H groups in total. The van der Waals surface area contributed by atoms with E-state index in [1.54, 1.807) is 0 Å². The minimum absolute atomic E-state index is 0. The molecule has 166 valence electrons. The quantitative estimate of drug-likeness (QED) is 0.277. The first-order valence-corrected chi connectivity index (χ1v) is 10.6. The monoisotopic (exact) mass is 565 g/mol. The number of hydrogen-bond acceptors (Lipinski definition) is 2. The molecule has 2 aromatic rings. The number of halogens is 3. The van der Waals surface area contributed by atoms with Gasteiger partial charge in [0.05, 0.1) is 18.1 Å². The highest BCUT2D eigenvalue weighted by atomic mass is 127. The number of nitrogens with zero attached hydrogens (tertiary/aromatic N) is 3. The summed E-state index contributed by atoms with van der Waals surface area (Å²) in [6.45, 7) is 9.19. The third kappa shape index (κ3) is 7.06. The van der Waals surface area contributed by atoms with Crippen LogP contribution in [0.1, 0.15) is 42.4 Å².